The van der Waals surface area contributed by atoms with Gasteiger partial charge in [-0.05, 0) is 37.0 Å². The Kier molecular flexibility index (Phi) is 3.32. The third-order valence-corrected chi connectivity index (χ3v) is 3.25. The first kappa shape index (κ1) is 10.6. The molecule has 1 atom stereocenters. The molecule has 0 bridgehead atoms. The van der Waals surface area contributed by atoms with Crippen molar-refractivity contribution >= 4 is 11.6 Å². The Labute approximate surface area is 95.7 Å². The summed E-state index contributed by atoms with van der Waals surface area (Å²) in [5.74, 6) is 1.41. The van der Waals surface area contributed by atoms with Gasteiger partial charge in [-0.2, -0.15) is 0 Å². The van der Waals surface area contributed by atoms with Gasteiger partial charge < -0.3 is 4.74 Å². The molecule has 80 valence electrons. The highest BCUT2D eigenvalue weighted by atomic mass is 35.5. The van der Waals surface area contributed by atoms with Crippen molar-refractivity contribution < 1.29 is 4.74 Å². The highest BCUT2D eigenvalue weighted by molar-refractivity contribution is 6.31. The molecule has 0 fully saturated rings. The predicted octanol–water partition coefficient (Wildman–Crippen LogP) is 4.14. The van der Waals surface area contributed by atoms with Gasteiger partial charge in [0.1, 0.15) is 0 Å². The van der Waals surface area contributed by atoms with E-state index in [4.69, 9.17) is 16.3 Å². The van der Waals surface area contributed by atoms with Crippen molar-refractivity contribution in [2.24, 2.45) is 0 Å². The highest BCUT2D eigenvalue weighted by Gasteiger charge is 2.21. The Morgan fingerprint density at radius 3 is 2.87 bits per heavy atom. The van der Waals surface area contributed by atoms with Crippen LogP contribution in [0.2, 0.25) is 5.02 Å². The molecule has 0 radical (unpaired) electrons. The van der Waals surface area contributed by atoms with E-state index >= 15 is 0 Å². The summed E-state index contributed by atoms with van der Waals surface area (Å²) in [6.07, 6.45) is 5.63. The summed E-state index contributed by atoms with van der Waals surface area (Å²) in [6, 6.07) is 8.03. The van der Waals surface area contributed by atoms with Gasteiger partial charge in [-0.25, -0.2) is 0 Å². The van der Waals surface area contributed by atoms with Crippen LogP contribution in [0.15, 0.2) is 36.1 Å². The van der Waals surface area contributed by atoms with Crippen LogP contribution in [0.25, 0.3) is 0 Å². The van der Waals surface area contributed by atoms with Crippen molar-refractivity contribution in [1.29, 1.82) is 0 Å². The van der Waals surface area contributed by atoms with Crippen LogP contribution in [-0.2, 0) is 4.74 Å². The highest BCUT2D eigenvalue weighted by Crippen LogP contribution is 2.37. The average Bonchev–Trinajstić information content (AvgIpc) is 2.30. The van der Waals surface area contributed by atoms with Gasteiger partial charge in [0.25, 0.3) is 0 Å². The second-order valence-electron chi connectivity index (χ2n) is 3.82. The minimum absolute atomic E-state index is 0.345. The van der Waals surface area contributed by atoms with Crippen LogP contribution in [0.5, 0.6) is 0 Å². The van der Waals surface area contributed by atoms with Gasteiger partial charge in [-0.3, -0.25) is 0 Å². The first-order valence-corrected chi connectivity index (χ1v) is 5.69. The molecule has 2 rings (SSSR count). The summed E-state index contributed by atoms with van der Waals surface area (Å²) in [7, 11) is 1.74. The maximum absolute atomic E-state index is 6.20. The van der Waals surface area contributed by atoms with Crippen LogP contribution < -0.4 is 0 Å². The van der Waals surface area contributed by atoms with Crippen molar-refractivity contribution in [2.45, 2.75) is 25.2 Å². The standard InChI is InChI=1S/C13H15ClO/c1-15-13-9-5-3-7-11(13)10-6-2-4-8-12(10)14/h2,4,6,8-9,11H,3,5,7H2,1H3. The third-order valence-electron chi connectivity index (χ3n) is 2.90. The van der Waals surface area contributed by atoms with Crippen LogP contribution in [0.4, 0.5) is 0 Å². The number of ether oxygens (including phenoxy) is 1. The molecule has 1 unspecified atom stereocenters. The second kappa shape index (κ2) is 4.71. The summed E-state index contributed by atoms with van der Waals surface area (Å²) in [5.41, 5.74) is 1.19. The van der Waals surface area contributed by atoms with Crippen LogP contribution in [0.1, 0.15) is 30.7 Å². The maximum Gasteiger partial charge on any atom is 0.0990 e. The Morgan fingerprint density at radius 2 is 2.13 bits per heavy atom. The molecule has 0 N–H and O–H groups in total. The number of benzene rings is 1. The number of hydrogen-bond acceptors (Lipinski definition) is 1. The quantitative estimate of drug-likeness (QED) is 0.731. The largest absolute Gasteiger partial charge is 0.501 e. The van der Waals surface area contributed by atoms with E-state index in [1.165, 1.54) is 12.0 Å². The molecule has 0 amide bonds. The van der Waals surface area contributed by atoms with Crippen molar-refractivity contribution in [3.63, 3.8) is 0 Å². The molecular weight excluding hydrogens is 208 g/mol. The summed E-state index contributed by atoms with van der Waals surface area (Å²) >= 11 is 6.20. The molecule has 1 nitrogen and oxygen atoms in total. The normalized spacial score (nSPS) is 20.9. The molecular formula is C13H15ClO. The molecule has 2 heteroatoms. The van der Waals surface area contributed by atoms with Gasteiger partial charge in [0.15, 0.2) is 0 Å². The SMILES string of the molecule is COC1=CCCCC1c1ccccc1Cl. The molecule has 0 saturated heterocycles. The van der Waals surface area contributed by atoms with E-state index in [1.54, 1.807) is 7.11 Å². The molecule has 0 saturated carbocycles. The zero-order chi connectivity index (χ0) is 10.7. The van der Waals surface area contributed by atoms with E-state index in [1.807, 2.05) is 18.2 Å². The van der Waals surface area contributed by atoms with Gasteiger partial charge in [-0.15, -0.1) is 0 Å². The van der Waals surface area contributed by atoms with E-state index < -0.39 is 0 Å². The van der Waals surface area contributed by atoms with E-state index in [0.29, 0.717) is 5.92 Å². The lowest BCUT2D eigenvalue weighted by atomic mass is 9.87. The van der Waals surface area contributed by atoms with Gasteiger partial charge in [0, 0.05) is 10.9 Å². The Morgan fingerprint density at radius 1 is 1.33 bits per heavy atom. The fourth-order valence-corrected chi connectivity index (χ4v) is 2.41. The van der Waals surface area contributed by atoms with E-state index in [9.17, 15) is 0 Å². The third kappa shape index (κ3) is 2.18. The average molecular weight is 223 g/mol. The minimum Gasteiger partial charge on any atom is -0.501 e. The number of hydrogen-bond donors (Lipinski definition) is 0. The van der Waals surface area contributed by atoms with Gasteiger partial charge >= 0.3 is 0 Å². The zero-order valence-corrected chi connectivity index (χ0v) is 9.63. The number of methoxy groups -OCH3 is 1. The molecule has 0 aliphatic heterocycles. The predicted molar refractivity (Wildman–Crippen MR) is 63.1 cm³/mol. The summed E-state index contributed by atoms with van der Waals surface area (Å²) in [4.78, 5) is 0. The summed E-state index contributed by atoms with van der Waals surface area (Å²) < 4.78 is 5.42. The van der Waals surface area contributed by atoms with Gasteiger partial charge in [0.05, 0.1) is 12.9 Å². The molecule has 1 aromatic carbocycles. The zero-order valence-electron chi connectivity index (χ0n) is 8.87. The molecule has 1 aliphatic carbocycles. The van der Waals surface area contributed by atoms with Crippen molar-refractivity contribution in [2.75, 3.05) is 7.11 Å². The first-order valence-electron chi connectivity index (χ1n) is 5.31. The van der Waals surface area contributed by atoms with Crippen molar-refractivity contribution in [1.82, 2.24) is 0 Å². The number of allylic oxidation sites excluding steroid dienone is 2. The molecule has 0 heterocycles. The fourth-order valence-electron chi connectivity index (χ4n) is 2.14. The van der Waals surface area contributed by atoms with E-state index in [2.05, 4.69) is 12.1 Å². The lowest BCUT2D eigenvalue weighted by Crippen LogP contribution is -2.09. The summed E-state index contributed by atoms with van der Waals surface area (Å²) in [5, 5.41) is 0.840. The van der Waals surface area contributed by atoms with Crippen molar-refractivity contribution in [3.8, 4) is 0 Å². The fraction of sp³-hybridized carbons (Fsp3) is 0.385. The van der Waals surface area contributed by atoms with E-state index in [0.717, 1.165) is 23.6 Å². The van der Waals surface area contributed by atoms with Crippen molar-refractivity contribution in [3.05, 3.63) is 46.7 Å². The van der Waals surface area contributed by atoms with Crippen LogP contribution in [0, 0.1) is 0 Å². The second-order valence-corrected chi connectivity index (χ2v) is 4.22. The molecule has 1 aromatic rings. The smallest absolute Gasteiger partial charge is 0.0990 e. The lowest BCUT2D eigenvalue weighted by molar-refractivity contribution is 0.250. The Bertz CT molecular complexity index is 371. The monoisotopic (exact) mass is 222 g/mol. The van der Waals surface area contributed by atoms with E-state index in [-0.39, 0.29) is 0 Å². The van der Waals surface area contributed by atoms with Gasteiger partial charge in [0.2, 0.25) is 0 Å². The van der Waals surface area contributed by atoms with Crippen LogP contribution in [-0.4, -0.2) is 7.11 Å². The van der Waals surface area contributed by atoms with Crippen LogP contribution in [0.3, 0.4) is 0 Å². The number of halogens is 1. The molecule has 15 heavy (non-hydrogen) atoms. The topological polar surface area (TPSA) is 9.23 Å². The molecule has 0 spiro atoms. The maximum atomic E-state index is 6.20. The van der Waals surface area contributed by atoms with Crippen LogP contribution >= 0.6 is 11.6 Å². The number of rotatable bonds is 2. The molecule has 0 aromatic heterocycles. The Hall–Kier alpha value is -0.950. The summed E-state index contributed by atoms with van der Waals surface area (Å²) in [6.45, 7) is 0. The first-order chi connectivity index (χ1) is 7.33. The lowest BCUT2D eigenvalue weighted by Gasteiger charge is -2.24. The minimum atomic E-state index is 0.345. The Balaban J connectivity index is 2.34. The van der Waals surface area contributed by atoms with Gasteiger partial charge in [-0.1, -0.05) is 29.8 Å². The molecule has 1 aliphatic rings.